The Balaban J connectivity index is 2.05. The third-order valence-electron chi connectivity index (χ3n) is 3.61. The van der Waals surface area contributed by atoms with Crippen LogP contribution in [0.3, 0.4) is 0 Å². The van der Waals surface area contributed by atoms with Gasteiger partial charge in [-0.2, -0.15) is 0 Å². The van der Waals surface area contributed by atoms with Crippen LogP contribution in [0.1, 0.15) is 32.1 Å². The van der Waals surface area contributed by atoms with E-state index in [1.165, 1.54) is 58.1 Å². The largest absolute Gasteiger partial charge is 0.481 e. The topological polar surface area (TPSA) is 35.7 Å². The van der Waals surface area contributed by atoms with Crippen LogP contribution in [0.2, 0.25) is 0 Å². The van der Waals surface area contributed by atoms with Crippen LogP contribution in [0.4, 0.5) is 0 Å². The molecule has 4 nitrogen and oxygen atoms in total. The highest BCUT2D eigenvalue weighted by Crippen LogP contribution is 2.14. The zero-order valence-electron chi connectivity index (χ0n) is 10.7. The zero-order chi connectivity index (χ0) is 12.1. The minimum Gasteiger partial charge on any atom is -0.481 e. The monoisotopic (exact) mass is 239 g/mol. The lowest BCUT2D eigenvalue weighted by atomic mass is 10.2. The van der Waals surface area contributed by atoms with Crippen molar-refractivity contribution in [1.82, 2.24) is 4.90 Å². The van der Waals surface area contributed by atoms with Crippen molar-refractivity contribution in [3.8, 4) is 0 Å². The number of aliphatic hydroxyl groups is 1. The minimum atomic E-state index is 0.0244. The first kappa shape index (κ1) is 12.3. The van der Waals surface area contributed by atoms with Gasteiger partial charge in [0.15, 0.2) is 0 Å². The predicted octanol–water partition coefficient (Wildman–Crippen LogP) is 1.72. The maximum atomic E-state index is 9.33. The van der Waals surface area contributed by atoms with Crippen molar-refractivity contribution in [2.75, 3.05) is 33.3 Å². The number of rotatable bonds is 3. The molecule has 17 heavy (non-hydrogen) atoms. The number of aliphatic hydroxyl groups excluding tert-OH is 1. The van der Waals surface area contributed by atoms with E-state index < -0.39 is 0 Å². The van der Waals surface area contributed by atoms with Crippen molar-refractivity contribution in [2.45, 2.75) is 32.1 Å². The molecule has 2 aliphatic heterocycles. The second-order valence-electron chi connectivity index (χ2n) is 4.76. The Morgan fingerprint density at radius 2 is 2.18 bits per heavy atom. The van der Waals surface area contributed by atoms with Gasteiger partial charge in [0, 0.05) is 18.9 Å². The van der Waals surface area contributed by atoms with Gasteiger partial charge >= 0.3 is 0 Å². The highest BCUT2D eigenvalue weighted by atomic mass is 16.6. The summed E-state index contributed by atoms with van der Waals surface area (Å²) in [7, 11) is 1.49. The number of ether oxygens (including phenoxy) is 1. The fourth-order valence-corrected chi connectivity index (χ4v) is 2.70. The maximum absolute atomic E-state index is 9.33. The molecule has 1 N–H and O–H groups in total. The van der Waals surface area contributed by atoms with Gasteiger partial charge in [-0.1, -0.05) is 0 Å². The second kappa shape index (κ2) is 5.94. The fraction of sp³-hybridized carbons (Fsp3) is 0.769. The summed E-state index contributed by atoms with van der Waals surface area (Å²) in [6.07, 6.45) is 8.10. The molecule has 2 aliphatic rings. The summed E-state index contributed by atoms with van der Waals surface area (Å²) in [5.74, 6) is 1.49. The van der Waals surface area contributed by atoms with E-state index in [4.69, 9.17) is 4.74 Å². The standard InChI is InChI=1S/C13H22N2O2/c1-17-13(16)7-11-15-10-5-9-14-8-4-2-3-6-12(14)15/h7H,2-6,8-11H2,1H3/p+1/b13-7+. The van der Waals surface area contributed by atoms with Crippen molar-refractivity contribution in [3.63, 3.8) is 0 Å². The van der Waals surface area contributed by atoms with E-state index in [0.29, 0.717) is 0 Å². The number of methoxy groups -OCH3 is 1. The average Bonchev–Trinajstić information content (AvgIpc) is 2.61. The lowest BCUT2D eigenvalue weighted by molar-refractivity contribution is -0.538. The third kappa shape index (κ3) is 3.14. The van der Waals surface area contributed by atoms with Gasteiger partial charge in [-0.05, 0) is 19.3 Å². The van der Waals surface area contributed by atoms with Crippen molar-refractivity contribution in [1.29, 1.82) is 0 Å². The number of amidine groups is 1. The normalized spacial score (nSPS) is 22.2. The molecule has 0 radical (unpaired) electrons. The first-order valence-electron chi connectivity index (χ1n) is 6.60. The van der Waals surface area contributed by atoms with E-state index in [2.05, 4.69) is 9.48 Å². The van der Waals surface area contributed by atoms with Gasteiger partial charge in [0.25, 0.3) is 5.95 Å². The van der Waals surface area contributed by atoms with Crippen LogP contribution < -0.4 is 0 Å². The van der Waals surface area contributed by atoms with Crippen LogP contribution in [-0.4, -0.2) is 53.7 Å². The van der Waals surface area contributed by atoms with E-state index in [9.17, 15) is 5.11 Å². The zero-order valence-corrected chi connectivity index (χ0v) is 10.7. The number of hydrogen-bond acceptors (Lipinski definition) is 3. The lowest BCUT2D eigenvalue weighted by Crippen LogP contribution is -2.44. The van der Waals surface area contributed by atoms with E-state index >= 15 is 0 Å². The summed E-state index contributed by atoms with van der Waals surface area (Å²) in [5.41, 5.74) is 0. The second-order valence-corrected chi connectivity index (χ2v) is 4.76. The fourth-order valence-electron chi connectivity index (χ4n) is 2.70. The Morgan fingerprint density at radius 1 is 1.35 bits per heavy atom. The highest BCUT2D eigenvalue weighted by molar-refractivity contribution is 5.78. The molecule has 0 saturated carbocycles. The van der Waals surface area contributed by atoms with Crippen LogP contribution in [-0.2, 0) is 4.74 Å². The summed E-state index contributed by atoms with van der Waals surface area (Å²) < 4.78 is 7.29. The summed E-state index contributed by atoms with van der Waals surface area (Å²) in [6, 6.07) is 0. The summed E-state index contributed by atoms with van der Waals surface area (Å²) in [5, 5.41) is 9.33. The molecular weight excluding hydrogens is 216 g/mol. The Kier molecular flexibility index (Phi) is 4.29. The van der Waals surface area contributed by atoms with Crippen LogP contribution in [0.25, 0.3) is 0 Å². The molecule has 0 spiro atoms. The predicted molar refractivity (Wildman–Crippen MR) is 67.4 cm³/mol. The van der Waals surface area contributed by atoms with Gasteiger partial charge in [0.1, 0.15) is 6.54 Å². The Labute approximate surface area is 103 Å². The third-order valence-corrected chi connectivity index (χ3v) is 3.61. The maximum Gasteiger partial charge on any atom is 0.276 e. The summed E-state index contributed by atoms with van der Waals surface area (Å²) in [4.78, 5) is 2.38. The van der Waals surface area contributed by atoms with Crippen molar-refractivity contribution >= 4 is 5.84 Å². The van der Waals surface area contributed by atoms with Crippen LogP contribution >= 0.6 is 0 Å². The van der Waals surface area contributed by atoms with E-state index in [-0.39, 0.29) is 5.95 Å². The van der Waals surface area contributed by atoms with E-state index in [1.807, 2.05) is 0 Å². The van der Waals surface area contributed by atoms with Crippen LogP contribution in [0, 0.1) is 0 Å². The minimum absolute atomic E-state index is 0.0244. The summed E-state index contributed by atoms with van der Waals surface area (Å²) >= 11 is 0. The lowest BCUT2D eigenvalue weighted by Gasteiger charge is -2.25. The SMILES string of the molecule is CO/C(O)=C/CN1CCC[N+]2=C1CCCCC2. The number of hydrogen-bond donors (Lipinski definition) is 1. The summed E-state index contributed by atoms with van der Waals surface area (Å²) in [6.45, 7) is 4.25. The molecule has 0 aliphatic carbocycles. The molecule has 0 bridgehead atoms. The average molecular weight is 239 g/mol. The number of nitrogens with zero attached hydrogens (tertiary/aromatic N) is 2. The van der Waals surface area contributed by atoms with Gasteiger partial charge in [-0.3, -0.25) is 9.48 Å². The molecule has 2 rings (SSSR count). The first-order valence-corrected chi connectivity index (χ1v) is 6.60. The van der Waals surface area contributed by atoms with E-state index in [0.717, 1.165) is 13.1 Å². The van der Waals surface area contributed by atoms with Gasteiger partial charge < -0.3 is 9.84 Å². The Hall–Kier alpha value is -1.19. The molecular formula is C13H23N2O2+. The molecule has 2 heterocycles. The van der Waals surface area contributed by atoms with E-state index in [1.54, 1.807) is 6.08 Å². The van der Waals surface area contributed by atoms with Crippen molar-refractivity contribution in [2.24, 2.45) is 0 Å². The van der Waals surface area contributed by atoms with Gasteiger partial charge in [-0.15, -0.1) is 0 Å². The molecule has 0 aromatic rings. The molecule has 96 valence electrons. The molecule has 0 atom stereocenters. The molecule has 0 amide bonds. The van der Waals surface area contributed by atoms with Gasteiger partial charge in [-0.25, -0.2) is 0 Å². The van der Waals surface area contributed by atoms with Crippen molar-refractivity contribution < 1.29 is 14.4 Å². The molecule has 4 heteroatoms. The van der Waals surface area contributed by atoms with Crippen molar-refractivity contribution in [3.05, 3.63) is 12.0 Å². The van der Waals surface area contributed by atoms with Crippen LogP contribution in [0.15, 0.2) is 12.0 Å². The highest BCUT2D eigenvalue weighted by Gasteiger charge is 2.27. The Bertz CT molecular complexity index is 323. The van der Waals surface area contributed by atoms with Gasteiger partial charge in [0.2, 0.25) is 5.84 Å². The smallest absolute Gasteiger partial charge is 0.276 e. The molecule has 0 unspecified atom stereocenters. The first-order chi connectivity index (χ1) is 8.31. The molecule has 0 aromatic heterocycles. The van der Waals surface area contributed by atoms with Gasteiger partial charge in [0.05, 0.1) is 26.7 Å². The van der Waals surface area contributed by atoms with Crippen LogP contribution in [0.5, 0.6) is 0 Å². The quantitative estimate of drug-likeness (QED) is 0.602. The Morgan fingerprint density at radius 3 is 3.00 bits per heavy atom. The molecule has 0 aromatic carbocycles. The molecule has 0 saturated heterocycles. The molecule has 0 fully saturated rings.